The van der Waals surface area contributed by atoms with Crippen LogP contribution in [-0.2, 0) is 11.3 Å². The largest absolute Gasteiger partial charge is 0.358 e. The second-order valence-corrected chi connectivity index (χ2v) is 8.40. The highest BCUT2D eigenvalue weighted by molar-refractivity contribution is 5.98. The molecule has 1 aliphatic heterocycles. The average Bonchev–Trinajstić information content (AvgIpc) is 3.46. The van der Waals surface area contributed by atoms with E-state index in [1.807, 2.05) is 34.2 Å². The molecule has 1 saturated heterocycles. The number of fused-ring (bicyclic) bond motifs is 1. The number of nitrogens with one attached hydrogen (secondary N) is 1. The van der Waals surface area contributed by atoms with E-state index >= 15 is 0 Å². The summed E-state index contributed by atoms with van der Waals surface area (Å²) >= 11 is 0. The first-order valence-corrected chi connectivity index (χ1v) is 11.0. The Balaban J connectivity index is 1.44. The first kappa shape index (κ1) is 19.5. The summed E-state index contributed by atoms with van der Waals surface area (Å²) in [5, 5.41) is 5.45. The summed E-state index contributed by atoms with van der Waals surface area (Å²) in [6, 6.07) is 12.6. The first-order valence-electron chi connectivity index (χ1n) is 11.0. The highest BCUT2D eigenvalue weighted by atomic mass is 16.2. The van der Waals surface area contributed by atoms with E-state index in [1.54, 1.807) is 6.20 Å². The number of nitrogens with zero attached hydrogens (tertiary/aromatic N) is 4. The van der Waals surface area contributed by atoms with Crippen molar-refractivity contribution in [2.45, 2.75) is 38.6 Å². The number of aromatic nitrogens is 4. The van der Waals surface area contributed by atoms with E-state index in [1.165, 1.54) is 27.8 Å². The van der Waals surface area contributed by atoms with Gasteiger partial charge >= 0.3 is 0 Å². The average molecular weight is 414 g/mol. The van der Waals surface area contributed by atoms with Crippen molar-refractivity contribution < 1.29 is 4.79 Å². The van der Waals surface area contributed by atoms with Gasteiger partial charge in [0.25, 0.3) is 0 Å². The maximum atomic E-state index is 12.9. The molecule has 0 spiro atoms. The van der Waals surface area contributed by atoms with Gasteiger partial charge in [0.15, 0.2) is 0 Å². The predicted octanol–water partition coefficient (Wildman–Crippen LogP) is 4.53. The van der Waals surface area contributed by atoms with Gasteiger partial charge in [0.05, 0.1) is 0 Å². The van der Waals surface area contributed by atoms with Gasteiger partial charge in [-0.1, -0.05) is 11.6 Å². The standard InChI is InChI=1S/C25H27N5O/c1-18-5-6-22-21(16-18)24(19-7-11-26-12-8-19)25(28-22)20-4-2-13-29(17-20)23(31)9-15-30-14-3-10-27-30/h3,5-8,10-12,14,16,20,28H,2,4,9,13,15,17H2,1H3. The number of benzene rings is 1. The van der Waals surface area contributed by atoms with E-state index in [4.69, 9.17) is 0 Å². The molecule has 4 heterocycles. The normalized spacial score (nSPS) is 16.7. The number of carbonyl (C=O) groups is 1. The van der Waals surface area contributed by atoms with Gasteiger partial charge in [-0.2, -0.15) is 5.10 Å². The molecule has 0 bridgehead atoms. The first-order chi connectivity index (χ1) is 15.2. The van der Waals surface area contributed by atoms with Crippen molar-refractivity contribution in [3.63, 3.8) is 0 Å². The molecule has 1 aromatic carbocycles. The predicted molar refractivity (Wildman–Crippen MR) is 122 cm³/mol. The maximum Gasteiger partial charge on any atom is 0.224 e. The summed E-state index contributed by atoms with van der Waals surface area (Å²) < 4.78 is 1.82. The molecule has 1 aliphatic rings. The maximum absolute atomic E-state index is 12.9. The summed E-state index contributed by atoms with van der Waals surface area (Å²) in [5.74, 6) is 0.496. The van der Waals surface area contributed by atoms with E-state index in [0.717, 1.165) is 31.4 Å². The van der Waals surface area contributed by atoms with Gasteiger partial charge in [-0.3, -0.25) is 14.5 Å². The summed E-state index contributed by atoms with van der Waals surface area (Å²) in [7, 11) is 0. The Labute approximate surface area is 181 Å². The van der Waals surface area contributed by atoms with Crippen LogP contribution >= 0.6 is 0 Å². The molecule has 3 aromatic heterocycles. The number of H-pyrrole nitrogens is 1. The third kappa shape index (κ3) is 3.98. The summed E-state index contributed by atoms with van der Waals surface area (Å²) in [6.07, 6.45) is 9.92. The van der Waals surface area contributed by atoms with Crippen molar-refractivity contribution in [1.29, 1.82) is 0 Å². The molecule has 1 amide bonds. The molecule has 4 aromatic rings. The van der Waals surface area contributed by atoms with Gasteiger partial charge in [0, 0.05) is 78.9 Å². The monoisotopic (exact) mass is 413 g/mol. The van der Waals surface area contributed by atoms with Gasteiger partial charge in [0.1, 0.15) is 0 Å². The number of hydrogen-bond acceptors (Lipinski definition) is 3. The third-order valence-electron chi connectivity index (χ3n) is 6.25. The molecule has 158 valence electrons. The fourth-order valence-electron chi connectivity index (χ4n) is 4.70. The molecule has 1 N–H and O–H groups in total. The number of rotatable bonds is 5. The number of likely N-dealkylation sites (tertiary alicyclic amines) is 1. The van der Waals surface area contributed by atoms with Crippen LogP contribution in [0.15, 0.2) is 61.2 Å². The fraction of sp³-hybridized carbons (Fsp3) is 0.320. The van der Waals surface area contributed by atoms with Crippen molar-refractivity contribution >= 4 is 16.8 Å². The lowest BCUT2D eigenvalue weighted by atomic mass is 9.89. The van der Waals surface area contributed by atoms with Crippen LogP contribution in [0.5, 0.6) is 0 Å². The topological polar surface area (TPSA) is 66.8 Å². The molecule has 1 fully saturated rings. The zero-order chi connectivity index (χ0) is 21.2. The Morgan fingerprint density at radius 3 is 2.87 bits per heavy atom. The van der Waals surface area contributed by atoms with E-state index in [0.29, 0.717) is 18.9 Å². The number of carbonyl (C=O) groups excluding carboxylic acids is 1. The molecule has 6 heteroatoms. The van der Waals surface area contributed by atoms with Crippen molar-refractivity contribution in [1.82, 2.24) is 24.6 Å². The second kappa shape index (κ2) is 8.38. The van der Waals surface area contributed by atoms with Gasteiger partial charge in [-0.05, 0) is 55.7 Å². The number of amides is 1. The number of aromatic amines is 1. The van der Waals surface area contributed by atoms with E-state index in [9.17, 15) is 4.79 Å². The van der Waals surface area contributed by atoms with Crippen molar-refractivity contribution in [3.05, 3.63) is 72.4 Å². The lowest BCUT2D eigenvalue weighted by Crippen LogP contribution is -2.39. The SMILES string of the molecule is Cc1ccc2[nH]c(C3CCCN(C(=O)CCn4cccn4)C3)c(-c3ccncc3)c2c1. The van der Waals surface area contributed by atoms with Gasteiger partial charge in [-0.15, -0.1) is 0 Å². The van der Waals surface area contributed by atoms with E-state index < -0.39 is 0 Å². The second-order valence-electron chi connectivity index (χ2n) is 8.40. The van der Waals surface area contributed by atoms with Crippen molar-refractivity contribution in [3.8, 4) is 11.1 Å². The van der Waals surface area contributed by atoms with Crippen LogP contribution in [0, 0.1) is 6.92 Å². The molecule has 0 aliphatic carbocycles. The van der Waals surface area contributed by atoms with Gasteiger partial charge < -0.3 is 9.88 Å². The van der Waals surface area contributed by atoms with Gasteiger partial charge in [0.2, 0.25) is 5.91 Å². The smallest absolute Gasteiger partial charge is 0.224 e. The summed E-state index contributed by atoms with van der Waals surface area (Å²) in [4.78, 5) is 22.8. The Hall–Kier alpha value is -3.41. The van der Waals surface area contributed by atoms with Crippen molar-refractivity contribution in [2.75, 3.05) is 13.1 Å². The molecule has 31 heavy (non-hydrogen) atoms. The quantitative estimate of drug-likeness (QED) is 0.523. The zero-order valence-corrected chi connectivity index (χ0v) is 17.8. The zero-order valence-electron chi connectivity index (χ0n) is 17.8. The minimum absolute atomic E-state index is 0.206. The lowest BCUT2D eigenvalue weighted by molar-refractivity contribution is -0.132. The van der Waals surface area contributed by atoms with Crippen LogP contribution in [-0.4, -0.2) is 43.6 Å². The molecule has 0 radical (unpaired) electrons. The lowest BCUT2D eigenvalue weighted by Gasteiger charge is -2.33. The van der Waals surface area contributed by atoms with Crippen LogP contribution in [0.4, 0.5) is 0 Å². The summed E-state index contributed by atoms with van der Waals surface area (Å²) in [5.41, 5.74) is 6.04. The Kier molecular flexibility index (Phi) is 5.28. The molecule has 0 saturated carbocycles. The van der Waals surface area contributed by atoms with Crippen LogP contribution in [0.2, 0.25) is 0 Å². The highest BCUT2D eigenvalue weighted by Crippen LogP contribution is 2.39. The molecule has 1 atom stereocenters. The van der Waals surface area contributed by atoms with E-state index in [-0.39, 0.29) is 5.91 Å². The molecular weight excluding hydrogens is 386 g/mol. The van der Waals surface area contributed by atoms with Crippen LogP contribution in [0.1, 0.15) is 36.4 Å². The minimum Gasteiger partial charge on any atom is -0.358 e. The third-order valence-corrected chi connectivity index (χ3v) is 6.25. The van der Waals surface area contributed by atoms with Gasteiger partial charge in [-0.25, -0.2) is 0 Å². The molecule has 1 unspecified atom stereocenters. The van der Waals surface area contributed by atoms with Crippen molar-refractivity contribution in [2.24, 2.45) is 0 Å². The Bertz CT molecular complexity index is 1180. The summed E-state index contributed by atoms with van der Waals surface area (Å²) in [6.45, 7) is 4.34. The number of piperidine rings is 1. The van der Waals surface area contributed by atoms with Crippen LogP contribution in [0.3, 0.4) is 0 Å². The number of hydrogen-bond donors (Lipinski definition) is 1. The number of pyridine rings is 1. The fourth-order valence-corrected chi connectivity index (χ4v) is 4.70. The Morgan fingerprint density at radius 1 is 1.19 bits per heavy atom. The molecular formula is C25H27N5O. The highest BCUT2D eigenvalue weighted by Gasteiger charge is 2.28. The molecule has 6 nitrogen and oxygen atoms in total. The number of aryl methyl sites for hydroxylation is 2. The Morgan fingerprint density at radius 2 is 2.06 bits per heavy atom. The minimum atomic E-state index is 0.206. The van der Waals surface area contributed by atoms with Crippen LogP contribution in [0.25, 0.3) is 22.0 Å². The molecule has 5 rings (SSSR count). The van der Waals surface area contributed by atoms with E-state index in [2.05, 4.69) is 52.3 Å². The van der Waals surface area contributed by atoms with Crippen LogP contribution < -0.4 is 0 Å².